The predicted molar refractivity (Wildman–Crippen MR) is 95.8 cm³/mol. The molecule has 2 aromatic carbocycles. The first-order valence-electron chi connectivity index (χ1n) is 7.95. The molecule has 0 aliphatic carbocycles. The minimum absolute atomic E-state index is 0.00673. The number of aliphatic hydroxyl groups is 1. The van der Waals surface area contributed by atoms with Crippen molar-refractivity contribution in [2.24, 2.45) is 0 Å². The summed E-state index contributed by atoms with van der Waals surface area (Å²) >= 11 is 0. The Morgan fingerprint density at radius 3 is 2.60 bits per heavy atom. The molecule has 3 aromatic rings. The van der Waals surface area contributed by atoms with Gasteiger partial charge in [-0.3, -0.25) is 14.9 Å². The Balaban J connectivity index is 1.79. The fourth-order valence-electron chi connectivity index (χ4n) is 2.92. The van der Waals surface area contributed by atoms with Crippen molar-refractivity contribution in [3.8, 4) is 0 Å². The van der Waals surface area contributed by atoms with Crippen molar-refractivity contribution in [1.29, 1.82) is 0 Å². The SMILES string of the molecule is Cc1cc(=O)n(C[C@H](O)Cc2ccc3ccccc3c2)cc1[N+](=O)[O-]. The molecule has 0 radical (unpaired) electrons. The van der Waals surface area contributed by atoms with Crippen LogP contribution in [0.3, 0.4) is 0 Å². The molecular weight excluding hydrogens is 320 g/mol. The van der Waals surface area contributed by atoms with Crippen molar-refractivity contribution in [2.45, 2.75) is 26.0 Å². The molecule has 1 heterocycles. The van der Waals surface area contributed by atoms with Gasteiger partial charge >= 0.3 is 0 Å². The lowest BCUT2D eigenvalue weighted by atomic mass is 10.0. The van der Waals surface area contributed by atoms with Gasteiger partial charge in [0, 0.05) is 18.1 Å². The second-order valence-electron chi connectivity index (χ2n) is 6.13. The molecule has 0 aliphatic rings. The average Bonchev–Trinajstić information content (AvgIpc) is 2.57. The van der Waals surface area contributed by atoms with Gasteiger partial charge in [-0.2, -0.15) is 0 Å². The lowest BCUT2D eigenvalue weighted by molar-refractivity contribution is -0.386. The maximum absolute atomic E-state index is 12.0. The Labute approximate surface area is 144 Å². The first-order valence-corrected chi connectivity index (χ1v) is 7.95. The Morgan fingerprint density at radius 2 is 1.88 bits per heavy atom. The van der Waals surface area contributed by atoms with Crippen LogP contribution < -0.4 is 5.56 Å². The molecule has 0 amide bonds. The molecule has 1 aromatic heterocycles. The summed E-state index contributed by atoms with van der Waals surface area (Å²) in [7, 11) is 0. The van der Waals surface area contributed by atoms with Crippen molar-refractivity contribution >= 4 is 16.5 Å². The first kappa shape index (κ1) is 16.9. The highest BCUT2D eigenvalue weighted by molar-refractivity contribution is 5.82. The number of pyridine rings is 1. The van der Waals surface area contributed by atoms with Crippen LogP contribution in [-0.4, -0.2) is 20.7 Å². The van der Waals surface area contributed by atoms with E-state index >= 15 is 0 Å². The molecule has 0 saturated carbocycles. The summed E-state index contributed by atoms with van der Waals surface area (Å²) < 4.78 is 1.19. The number of aryl methyl sites for hydroxylation is 1. The van der Waals surface area contributed by atoms with Crippen molar-refractivity contribution < 1.29 is 10.0 Å². The van der Waals surface area contributed by atoms with Gasteiger partial charge in [-0.1, -0.05) is 42.5 Å². The van der Waals surface area contributed by atoms with Gasteiger partial charge in [0.15, 0.2) is 0 Å². The molecule has 1 atom stereocenters. The quantitative estimate of drug-likeness (QED) is 0.572. The topological polar surface area (TPSA) is 85.4 Å². The molecule has 0 saturated heterocycles. The van der Waals surface area contributed by atoms with Crippen molar-refractivity contribution in [1.82, 2.24) is 4.57 Å². The third-order valence-corrected chi connectivity index (χ3v) is 4.19. The van der Waals surface area contributed by atoms with E-state index in [4.69, 9.17) is 0 Å². The van der Waals surface area contributed by atoms with Gasteiger partial charge in [-0.05, 0) is 23.3 Å². The number of aromatic nitrogens is 1. The Hall–Kier alpha value is -2.99. The molecule has 128 valence electrons. The summed E-state index contributed by atoms with van der Waals surface area (Å²) in [4.78, 5) is 22.5. The minimum atomic E-state index is -0.818. The summed E-state index contributed by atoms with van der Waals surface area (Å²) in [5.74, 6) is 0. The summed E-state index contributed by atoms with van der Waals surface area (Å²) in [6.07, 6.45) is 0.737. The number of hydrogen-bond acceptors (Lipinski definition) is 4. The predicted octanol–water partition coefficient (Wildman–Crippen LogP) is 2.82. The Morgan fingerprint density at radius 1 is 1.16 bits per heavy atom. The van der Waals surface area contributed by atoms with Crippen LogP contribution in [0.25, 0.3) is 10.8 Å². The highest BCUT2D eigenvalue weighted by atomic mass is 16.6. The molecule has 6 nitrogen and oxygen atoms in total. The molecule has 25 heavy (non-hydrogen) atoms. The molecular formula is C19H18N2O4. The number of benzene rings is 2. The molecule has 0 spiro atoms. The number of hydrogen-bond donors (Lipinski definition) is 1. The van der Waals surface area contributed by atoms with Gasteiger partial charge in [-0.15, -0.1) is 0 Å². The van der Waals surface area contributed by atoms with Crippen molar-refractivity contribution in [2.75, 3.05) is 0 Å². The fraction of sp³-hybridized carbons (Fsp3) is 0.211. The standard InChI is InChI=1S/C19H18N2O4/c1-13-8-19(23)20(12-18(13)21(24)25)11-17(22)10-14-6-7-15-4-2-3-5-16(15)9-14/h2-9,12,17,22H,10-11H2,1H3/t17-/m1/s1. The van der Waals surface area contributed by atoms with E-state index in [1.54, 1.807) is 0 Å². The second-order valence-corrected chi connectivity index (χ2v) is 6.13. The van der Waals surface area contributed by atoms with Gasteiger partial charge in [0.1, 0.15) is 0 Å². The highest BCUT2D eigenvalue weighted by Crippen LogP contribution is 2.18. The van der Waals surface area contributed by atoms with Crippen LogP contribution in [-0.2, 0) is 13.0 Å². The van der Waals surface area contributed by atoms with Crippen LogP contribution in [0, 0.1) is 17.0 Å². The van der Waals surface area contributed by atoms with E-state index in [0.29, 0.717) is 12.0 Å². The maximum atomic E-state index is 12.0. The largest absolute Gasteiger partial charge is 0.391 e. The lowest BCUT2D eigenvalue weighted by Crippen LogP contribution is -2.27. The Kier molecular flexibility index (Phi) is 4.63. The van der Waals surface area contributed by atoms with E-state index in [9.17, 15) is 20.0 Å². The zero-order chi connectivity index (χ0) is 18.0. The summed E-state index contributed by atoms with van der Waals surface area (Å²) in [6, 6.07) is 15.1. The van der Waals surface area contributed by atoms with E-state index < -0.39 is 11.0 Å². The molecule has 0 bridgehead atoms. The normalized spacial score (nSPS) is 12.2. The van der Waals surface area contributed by atoms with E-state index in [1.165, 1.54) is 23.8 Å². The molecule has 0 unspecified atom stereocenters. The van der Waals surface area contributed by atoms with Gasteiger partial charge in [0.05, 0.1) is 23.8 Å². The number of nitrogens with zero attached hydrogens (tertiary/aromatic N) is 2. The number of nitro groups is 1. The van der Waals surface area contributed by atoms with Gasteiger partial charge in [-0.25, -0.2) is 0 Å². The second kappa shape index (κ2) is 6.86. The first-order chi connectivity index (χ1) is 11.9. The minimum Gasteiger partial charge on any atom is -0.391 e. The number of aliphatic hydroxyl groups excluding tert-OH is 1. The smallest absolute Gasteiger partial charge is 0.288 e. The van der Waals surface area contributed by atoms with Crippen LogP contribution in [0.1, 0.15) is 11.1 Å². The summed E-state index contributed by atoms with van der Waals surface area (Å²) in [5.41, 5.74) is 0.772. The van der Waals surface area contributed by atoms with Crippen LogP contribution in [0.15, 0.2) is 59.5 Å². The molecule has 3 rings (SSSR count). The van der Waals surface area contributed by atoms with Crippen LogP contribution in [0.5, 0.6) is 0 Å². The van der Waals surface area contributed by atoms with Gasteiger partial charge in [0.25, 0.3) is 11.2 Å². The molecule has 0 aliphatic heterocycles. The average molecular weight is 338 g/mol. The zero-order valence-electron chi connectivity index (χ0n) is 13.8. The van der Waals surface area contributed by atoms with Gasteiger partial charge in [0.2, 0.25) is 0 Å². The maximum Gasteiger partial charge on any atom is 0.288 e. The number of rotatable bonds is 5. The van der Waals surface area contributed by atoms with Crippen LogP contribution in [0.2, 0.25) is 0 Å². The van der Waals surface area contributed by atoms with E-state index in [1.807, 2.05) is 42.5 Å². The zero-order valence-corrected chi connectivity index (χ0v) is 13.8. The van der Waals surface area contributed by atoms with Crippen LogP contribution in [0.4, 0.5) is 5.69 Å². The van der Waals surface area contributed by atoms with Crippen molar-refractivity contribution in [3.05, 3.63) is 86.3 Å². The van der Waals surface area contributed by atoms with E-state index in [0.717, 1.165) is 16.3 Å². The highest BCUT2D eigenvalue weighted by Gasteiger charge is 2.15. The monoisotopic (exact) mass is 338 g/mol. The lowest BCUT2D eigenvalue weighted by Gasteiger charge is -2.13. The molecule has 1 N–H and O–H groups in total. The summed E-state index contributed by atoms with van der Waals surface area (Å²) in [6.45, 7) is 1.53. The third-order valence-electron chi connectivity index (χ3n) is 4.19. The van der Waals surface area contributed by atoms with Crippen LogP contribution >= 0.6 is 0 Å². The van der Waals surface area contributed by atoms with E-state index in [-0.39, 0.29) is 17.8 Å². The van der Waals surface area contributed by atoms with E-state index in [2.05, 4.69) is 0 Å². The van der Waals surface area contributed by atoms with Gasteiger partial charge < -0.3 is 9.67 Å². The third kappa shape index (κ3) is 3.75. The molecule has 0 fully saturated rings. The summed E-state index contributed by atoms with van der Waals surface area (Å²) in [5, 5.41) is 23.5. The molecule has 6 heteroatoms. The fourth-order valence-corrected chi connectivity index (χ4v) is 2.92. The Bertz CT molecular complexity index is 994. The number of fused-ring (bicyclic) bond motifs is 1. The van der Waals surface area contributed by atoms with Crippen molar-refractivity contribution in [3.63, 3.8) is 0 Å².